The topological polar surface area (TPSA) is 52.6 Å². The zero-order chi connectivity index (χ0) is 32.1. The van der Waals surface area contributed by atoms with Crippen molar-refractivity contribution in [1.29, 1.82) is 0 Å². The SMILES string of the molecule is C=C(C)C(=O)OC1=CC(C)(C)C=C(CCc2ccc(CCC3=CC(C)(C)C=C(OC(=O)C(=C)C)C=C3)c3ccccc23)C=C1. The lowest BCUT2D eigenvalue weighted by molar-refractivity contribution is -0.135. The largest absolute Gasteiger partial charge is 0.424 e. The van der Waals surface area contributed by atoms with Gasteiger partial charge in [0.05, 0.1) is 0 Å². The Balaban J connectivity index is 1.48. The second kappa shape index (κ2) is 13.5. The van der Waals surface area contributed by atoms with Crippen molar-refractivity contribution < 1.29 is 19.1 Å². The Bertz CT molecular complexity index is 1560. The van der Waals surface area contributed by atoms with Crippen molar-refractivity contribution in [2.24, 2.45) is 10.8 Å². The summed E-state index contributed by atoms with van der Waals surface area (Å²) in [6.45, 7) is 19.1. The third-order valence-corrected chi connectivity index (χ3v) is 7.66. The Kier molecular flexibility index (Phi) is 9.94. The van der Waals surface area contributed by atoms with Crippen molar-refractivity contribution in [3.63, 3.8) is 0 Å². The van der Waals surface area contributed by atoms with Crippen LogP contribution in [0.5, 0.6) is 0 Å². The lowest BCUT2D eigenvalue weighted by Crippen LogP contribution is -2.08. The van der Waals surface area contributed by atoms with E-state index in [2.05, 4.69) is 102 Å². The van der Waals surface area contributed by atoms with E-state index in [1.807, 2.05) is 24.3 Å². The molecule has 4 heteroatoms. The van der Waals surface area contributed by atoms with Crippen LogP contribution in [0.2, 0.25) is 0 Å². The fourth-order valence-corrected chi connectivity index (χ4v) is 5.59. The van der Waals surface area contributed by atoms with Crippen molar-refractivity contribution >= 4 is 22.7 Å². The zero-order valence-corrected chi connectivity index (χ0v) is 27.0. The summed E-state index contributed by atoms with van der Waals surface area (Å²) >= 11 is 0. The molecule has 0 saturated carbocycles. The Labute approximate surface area is 262 Å². The highest BCUT2D eigenvalue weighted by Gasteiger charge is 2.20. The maximum absolute atomic E-state index is 12.1. The van der Waals surface area contributed by atoms with E-state index >= 15 is 0 Å². The molecule has 0 amide bonds. The standard InChI is InChI=1S/C40H44O4/c1-27(2)37(41)43-33-21-15-29(23-39(5,6)25-33)13-17-31-19-20-32(36-12-10-9-11-35(31)36)18-14-30-16-22-34(26-40(7,8)24-30)44-38(42)28(3)4/h9-12,15-16,19-26H,1,3,13-14,17-18H2,2,4-8H3. The van der Waals surface area contributed by atoms with E-state index in [1.165, 1.54) is 33.0 Å². The first kappa shape index (κ1) is 32.5. The average Bonchev–Trinajstić information content (AvgIpc) is 3.19. The average molecular weight is 589 g/mol. The first-order chi connectivity index (χ1) is 20.7. The first-order valence-electron chi connectivity index (χ1n) is 15.2. The normalized spacial score (nSPS) is 17.0. The molecule has 4 rings (SSSR count). The van der Waals surface area contributed by atoms with Crippen LogP contribution in [0.3, 0.4) is 0 Å². The summed E-state index contributed by atoms with van der Waals surface area (Å²) in [5.74, 6) is 0.275. The molecule has 0 unspecified atom stereocenters. The van der Waals surface area contributed by atoms with Crippen molar-refractivity contribution in [1.82, 2.24) is 0 Å². The monoisotopic (exact) mass is 588 g/mol. The molecule has 0 aromatic heterocycles. The van der Waals surface area contributed by atoms with E-state index in [4.69, 9.17) is 9.47 Å². The van der Waals surface area contributed by atoms with Gasteiger partial charge in [0, 0.05) is 22.0 Å². The minimum Gasteiger partial charge on any atom is -0.424 e. The fourth-order valence-electron chi connectivity index (χ4n) is 5.59. The Hall–Kier alpha value is -4.44. The lowest BCUT2D eigenvalue weighted by atomic mass is 9.88. The number of ether oxygens (including phenoxy) is 2. The molecule has 0 radical (unpaired) electrons. The molecule has 0 saturated heterocycles. The molecule has 0 heterocycles. The summed E-state index contributed by atoms with van der Waals surface area (Å²) in [6.07, 6.45) is 19.9. The maximum atomic E-state index is 12.1. The lowest BCUT2D eigenvalue weighted by Gasteiger charge is -2.17. The number of hydrogen-bond acceptors (Lipinski definition) is 4. The van der Waals surface area contributed by atoms with Gasteiger partial charge in [0.15, 0.2) is 0 Å². The van der Waals surface area contributed by atoms with Crippen LogP contribution in [0.4, 0.5) is 0 Å². The first-order valence-corrected chi connectivity index (χ1v) is 15.2. The number of carbonyl (C=O) groups excluding carboxylic acids is 2. The van der Waals surface area contributed by atoms with Crippen LogP contribution in [-0.4, -0.2) is 11.9 Å². The summed E-state index contributed by atoms with van der Waals surface area (Å²) in [5, 5.41) is 2.55. The van der Waals surface area contributed by atoms with Gasteiger partial charge in [-0.2, -0.15) is 0 Å². The van der Waals surface area contributed by atoms with Crippen LogP contribution in [0.25, 0.3) is 10.8 Å². The fraction of sp³-hybridized carbons (Fsp3) is 0.300. The summed E-state index contributed by atoms with van der Waals surface area (Å²) in [4.78, 5) is 24.2. The van der Waals surface area contributed by atoms with Crippen molar-refractivity contribution in [3.05, 3.63) is 143 Å². The summed E-state index contributed by atoms with van der Waals surface area (Å²) in [6, 6.07) is 13.2. The van der Waals surface area contributed by atoms with E-state index in [9.17, 15) is 9.59 Å². The summed E-state index contributed by atoms with van der Waals surface area (Å²) in [5.41, 5.74) is 5.28. The number of rotatable bonds is 10. The molecule has 228 valence electrons. The Morgan fingerprint density at radius 3 is 1.34 bits per heavy atom. The van der Waals surface area contributed by atoms with E-state index in [0.29, 0.717) is 22.7 Å². The number of aryl methyl sites for hydroxylation is 2. The Morgan fingerprint density at radius 1 is 0.591 bits per heavy atom. The molecular weight excluding hydrogens is 544 g/mol. The molecule has 0 spiro atoms. The minimum atomic E-state index is -0.410. The van der Waals surface area contributed by atoms with E-state index in [-0.39, 0.29) is 10.8 Å². The summed E-state index contributed by atoms with van der Waals surface area (Å²) in [7, 11) is 0. The van der Waals surface area contributed by atoms with E-state index < -0.39 is 11.9 Å². The van der Waals surface area contributed by atoms with Crippen LogP contribution in [-0.2, 0) is 31.9 Å². The molecular formula is C40H44O4. The van der Waals surface area contributed by atoms with Crippen LogP contribution in [0.15, 0.2) is 132 Å². The number of allylic oxidation sites excluding steroid dienone is 10. The smallest absolute Gasteiger partial charge is 0.338 e. The van der Waals surface area contributed by atoms with Gasteiger partial charge in [0.25, 0.3) is 0 Å². The molecule has 2 aromatic carbocycles. The number of esters is 2. The maximum Gasteiger partial charge on any atom is 0.338 e. The van der Waals surface area contributed by atoms with Gasteiger partial charge in [-0.3, -0.25) is 0 Å². The molecule has 0 fully saturated rings. The third kappa shape index (κ3) is 8.79. The molecule has 0 N–H and O–H groups in total. The molecule has 4 nitrogen and oxygen atoms in total. The summed E-state index contributed by atoms with van der Waals surface area (Å²) < 4.78 is 11.1. The van der Waals surface area contributed by atoms with E-state index in [0.717, 1.165) is 25.7 Å². The second-order valence-corrected chi connectivity index (χ2v) is 13.1. The number of hydrogen-bond donors (Lipinski definition) is 0. The number of fused-ring (bicyclic) bond motifs is 1. The van der Waals surface area contributed by atoms with Gasteiger partial charge in [-0.05, 0) is 85.7 Å². The third-order valence-electron chi connectivity index (χ3n) is 7.66. The molecule has 0 atom stereocenters. The molecule has 2 aliphatic carbocycles. The molecule has 0 bridgehead atoms. The highest BCUT2D eigenvalue weighted by molar-refractivity contribution is 5.89. The molecule has 0 aliphatic heterocycles. The van der Waals surface area contributed by atoms with Crippen molar-refractivity contribution in [2.45, 2.75) is 67.2 Å². The minimum absolute atomic E-state index is 0.256. The Morgan fingerprint density at radius 2 is 0.977 bits per heavy atom. The molecule has 2 aromatic rings. The van der Waals surface area contributed by atoms with Crippen LogP contribution in [0, 0.1) is 10.8 Å². The predicted molar refractivity (Wildman–Crippen MR) is 181 cm³/mol. The van der Waals surface area contributed by atoms with Gasteiger partial charge in [0.2, 0.25) is 0 Å². The van der Waals surface area contributed by atoms with Crippen LogP contribution < -0.4 is 0 Å². The van der Waals surface area contributed by atoms with Gasteiger partial charge >= 0.3 is 11.9 Å². The quantitative estimate of drug-likeness (QED) is 0.205. The zero-order valence-electron chi connectivity index (χ0n) is 27.0. The van der Waals surface area contributed by atoms with Gasteiger partial charge in [-0.25, -0.2) is 9.59 Å². The predicted octanol–water partition coefficient (Wildman–Crippen LogP) is 9.76. The highest BCUT2D eigenvalue weighted by atomic mass is 16.5. The van der Waals surface area contributed by atoms with Crippen molar-refractivity contribution in [3.8, 4) is 0 Å². The van der Waals surface area contributed by atoms with Gasteiger partial charge in [-0.1, -0.05) is 113 Å². The molecule has 44 heavy (non-hydrogen) atoms. The van der Waals surface area contributed by atoms with E-state index in [1.54, 1.807) is 13.8 Å². The second-order valence-electron chi connectivity index (χ2n) is 13.1. The van der Waals surface area contributed by atoms with Crippen LogP contribution >= 0.6 is 0 Å². The highest BCUT2D eigenvalue weighted by Crippen LogP contribution is 2.33. The molecule has 2 aliphatic rings. The van der Waals surface area contributed by atoms with Gasteiger partial charge in [-0.15, -0.1) is 0 Å². The van der Waals surface area contributed by atoms with Crippen molar-refractivity contribution in [2.75, 3.05) is 0 Å². The van der Waals surface area contributed by atoms with Gasteiger partial charge < -0.3 is 9.47 Å². The van der Waals surface area contributed by atoms with Crippen LogP contribution in [0.1, 0.15) is 65.5 Å². The number of carbonyl (C=O) groups is 2. The van der Waals surface area contributed by atoms with Gasteiger partial charge in [0.1, 0.15) is 11.5 Å². The number of benzene rings is 2.